The number of rotatable bonds is 2. The molecule has 0 radical (unpaired) electrons. The summed E-state index contributed by atoms with van der Waals surface area (Å²) in [5, 5.41) is 10.1. The molecule has 0 saturated heterocycles. The van der Waals surface area contributed by atoms with Gasteiger partial charge in [-0.05, 0) is 67.2 Å². The zero-order valence-corrected chi connectivity index (χ0v) is 14.4. The molecule has 0 spiro atoms. The van der Waals surface area contributed by atoms with Crippen LogP contribution in [0.2, 0.25) is 0 Å². The zero-order chi connectivity index (χ0) is 16.8. The number of methoxy groups -OCH3 is 2. The van der Waals surface area contributed by atoms with Gasteiger partial charge >= 0.3 is 5.97 Å². The highest BCUT2D eigenvalue weighted by atomic mass is 16.5. The molecule has 1 aromatic carbocycles. The maximum Gasteiger partial charge on any atom is 0.311 e. The number of fused-ring (bicyclic) bond motifs is 3. The van der Waals surface area contributed by atoms with Crippen molar-refractivity contribution in [2.75, 3.05) is 14.2 Å². The Bertz CT molecular complexity index is 639. The van der Waals surface area contributed by atoms with Crippen molar-refractivity contribution >= 4 is 5.97 Å². The number of esters is 1. The van der Waals surface area contributed by atoms with E-state index in [1.54, 1.807) is 7.11 Å². The lowest BCUT2D eigenvalue weighted by Crippen LogP contribution is -2.52. The van der Waals surface area contributed by atoms with Gasteiger partial charge < -0.3 is 14.6 Å². The molecular formula is C19H26O4. The fourth-order valence-corrected chi connectivity index (χ4v) is 5.12. The summed E-state index contributed by atoms with van der Waals surface area (Å²) in [7, 11) is 3.06. The number of phenolic OH excluding ortho intramolecular Hbond substituents is 1. The van der Waals surface area contributed by atoms with E-state index in [2.05, 4.69) is 13.8 Å². The molecule has 4 heteroatoms. The average Bonchev–Trinajstić information content (AvgIpc) is 2.53. The van der Waals surface area contributed by atoms with Crippen LogP contribution in [0.3, 0.4) is 0 Å². The number of hydrogen-bond donors (Lipinski definition) is 1. The summed E-state index contributed by atoms with van der Waals surface area (Å²) in [5.74, 6) is 0.858. The van der Waals surface area contributed by atoms with E-state index in [1.165, 1.54) is 18.2 Å². The van der Waals surface area contributed by atoms with Crippen molar-refractivity contribution in [1.29, 1.82) is 0 Å². The molecule has 3 atom stereocenters. The van der Waals surface area contributed by atoms with Gasteiger partial charge in [-0.3, -0.25) is 4.79 Å². The molecule has 1 saturated carbocycles. The van der Waals surface area contributed by atoms with E-state index in [9.17, 15) is 9.90 Å². The Balaban J connectivity index is 2.12. The molecule has 4 nitrogen and oxygen atoms in total. The fraction of sp³-hybridized carbons (Fsp3) is 0.632. The van der Waals surface area contributed by atoms with E-state index in [0.29, 0.717) is 5.75 Å². The second-order valence-corrected chi connectivity index (χ2v) is 7.45. The van der Waals surface area contributed by atoms with Gasteiger partial charge in [0.2, 0.25) is 0 Å². The molecule has 0 amide bonds. The molecule has 0 heterocycles. The lowest BCUT2D eigenvalue weighted by atomic mass is 9.50. The van der Waals surface area contributed by atoms with Crippen LogP contribution in [0.5, 0.6) is 11.5 Å². The van der Waals surface area contributed by atoms with Crippen molar-refractivity contribution in [1.82, 2.24) is 0 Å². The first-order valence-electron chi connectivity index (χ1n) is 8.35. The van der Waals surface area contributed by atoms with Gasteiger partial charge in [0.25, 0.3) is 0 Å². The standard InChI is InChI=1S/C19H26O4/c1-18-8-5-9-19(2,17(21)23-4)16(18)7-6-12-10-14(20)15(22-3)11-13(12)18/h10-11,16,20H,5-9H2,1-4H3/t16-,18-,19+/m1/s1. The summed E-state index contributed by atoms with van der Waals surface area (Å²) in [6.07, 6.45) is 4.75. The number of carbonyl (C=O) groups is 1. The molecular weight excluding hydrogens is 292 g/mol. The highest BCUT2D eigenvalue weighted by Crippen LogP contribution is 2.58. The lowest BCUT2D eigenvalue weighted by Gasteiger charge is -2.54. The van der Waals surface area contributed by atoms with Gasteiger partial charge in [-0.1, -0.05) is 13.3 Å². The summed E-state index contributed by atoms with van der Waals surface area (Å²) in [6, 6.07) is 3.81. The third-order valence-corrected chi connectivity index (χ3v) is 6.30. The van der Waals surface area contributed by atoms with Crippen LogP contribution in [0, 0.1) is 11.3 Å². The molecule has 0 aliphatic heterocycles. The Hall–Kier alpha value is -1.71. The Labute approximate surface area is 137 Å². The third kappa shape index (κ3) is 2.22. The van der Waals surface area contributed by atoms with Crippen LogP contribution in [0.1, 0.15) is 50.7 Å². The second kappa shape index (κ2) is 5.43. The molecule has 0 unspecified atom stereocenters. The minimum absolute atomic E-state index is 0.0875. The van der Waals surface area contributed by atoms with E-state index in [-0.39, 0.29) is 23.1 Å². The van der Waals surface area contributed by atoms with Crippen molar-refractivity contribution in [2.45, 2.75) is 51.4 Å². The van der Waals surface area contributed by atoms with Crippen molar-refractivity contribution in [3.05, 3.63) is 23.3 Å². The lowest BCUT2D eigenvalue weighted by molar-refractivity contribution is -0.161. The average molecular weight is 318 g/mol. The van der Waals surface area contributed by atoms with Crippen LogP contribution < -0.4 is 4.74 Å². The molecule has 1 fully saturated rings. The molecule has 0 bridgehead atoms. The van der Waals surface area contributed by atoms with Gasteiger partial charge in [-0.15, -0.1) is 0 Å². The first kappa shape index (κ1) is 16.2. The number of aromatic hydroxyl groups is 1. The minimum atomic E-state index is -0.440. The predicted molar refractivity (Wildman–Crippen MR) is 87.8 cm³/mol. The number of aryl methyl sites for hydroxylation is 1. The van der Waals surface area contributed by atoms with Gasteiger partial charge in [0.1, 0.15) is 0 Å². The maximum absolute atomic E-state index is 12.5. The van der Waals surface area contributed by atoms with Crippen LogP contribution in [-0.4, -0.2) is 25.3 Å². The van der Waals surface area contributed by atoms with Crippen LogP contribution in [0.15, 0.2) is 12.1 Å². The van der Waals surface area contributed by atoms with Crippen molar-refractivity contribution in [3.63, 3.8) is 0 Å². The van der Waals surface area contributed by atoms with Crippen LogP contribution in [-0.2, 0) is 21.4 Å². The molecule has 1 N–H and O–H groups in total. The molecule has 0 aromatic heterocycles. The van der Waals surface area contributed by atoms with Crippen molar-refractivity contribution in [2.24, 2.45) is 11.3 Å². The number of carbonyl (C=O) groups excluding carboxylic acids is 1. The summed E-state index contributed by atoms with van der Waals surface area (Å²) in [4.78, 5) is 12.5. The maximum atomic E-state index is 12.5. The zero-order valence-electron chi connectivity index (χ0n) is 14.4. The first-order valence-corrected chi connectivity index (χ1v) is 8.35. The van der Waals surface area contributed by atoms with E-state index < -0.39 is 5.41 Å². The molecule has 126 valence electrons. The van der Waals surface area contributed by atoms with E-state index >= 15 is 0 Å². The van der Waals surface area contributed by atoms with Crippen molar-refractivity contribution < 1.29 is 19.4 Å². The topological polar surface area (TPSA) is 55.8 Å². The van der Waals surface area contributed by atoms with Gasteiger partial charge in [0, 0.05) is 0 Å². The van der Waals surface area contributed by atoms with Crippen LogP contribution >= 0.6 is 0 Å². The number of ether oxygens (including phenoxy) is 2. The molecule has 3 rings (SSSR count). The number of hydrogen-bond acceptors (Lipinski definition) is 4. The summed E-state index contributed by atoms with van der Waals surface area (Å²) in [6.45, 7) is 4.32. The third-order valence-electron chi connectivity index (χ3n) is 6.30. The minimum Gasteiger partial charge on any atom is -0.504 e. The van der Waals surface area contributed by atoms with E-state index in [0.717, 1.165) is 32.1 Å². The van der Waals surface area contributed by atoms with Crippen LogP contribution in [0.25, 0.3) is 0 Å². The fourth-order valence-electron chi connectivity index (χ4n) is 5.12. The summed E-state index contributed by atoms with van der Waals surface area (Å²) in [5.41, 5.74) is 1.87. The molecule has 2 aliphatic carbocycles. The highest BCUT2D eigenvalue weighted by Gasteiger charge is 2.55. The van der Waals surface area contributed by atoms with E-state index in [4.69, 9.17) is 9.47 Å². The van der Waals surface area contributed by atoms with Gasteiger partial charge in [0.05, 0.1) is 19.6 Å². The van der Waals surface area contributed by atoms with Crippen LogP contribution in [0.4, 0.5) is 0 Å². The van der Waals surface area contributed by atoms with Gasteiger partial charge in [0.15, 0.2) is 11.5 Å². The largest absolute Gasteiger partial charge is 0.504 e. The van der Waals surface area contributed by atoms with Crippen molar-refractivity contribution in [3.8, 4) is 11.5 Å². The molecule has 23 heavy (non-hydrogen) atoms. The van der Waals surface area contributed by atoms with Gasteiger partial charge in [-0.2, -0.15) is 0 Å². The highest BCUT2D eigenvalue weighted by molar-refractivity contribution is 5.77. The predicted octanol–water partition coefficient (Wildman–Crippen LogP) is 3.58. The molecule has 2 aliphatic rings. The smallest absolute Gasteiger partial charge is 0.311 e. The summed E-state index contributed by atoms with van der Waals surface area (Å²) >= 11 is 0. The second-order valence-electron chi connectivity index (χ2n) is 7.45. The Kier molecular flexibility index (Phi) is 3.81. The quantitative estimate of drug-likeness (QED) is 0.847. The Morgan fingerprint density at radius 1 is 1.26 bits per heavy atom. The molecule has 1 aromatic rings. The first-order chi connectivity index (χ1) is 10.9. The summed E-state index contributed by atoms with van der Waals surface area (Å²) < 4.78 is 10.4. The Morgan fingerprint density at radius 2 is 2.00 bits per heavy atom. The monoisotopic (exact) mass is 318 g/mol. The Morgan fingerprint density at radius 3 is 2.65 bits per heavy atom. The van der Waals surface area contributed by atoms with Gasteiger partial charge in [-0.25, -0.2) is 0 Å². The van der Waals surface area contributed by atoms with E-state index in [1.807, 2.05) is 12.1 Å². The number of benzene rings is 1. The SMILES string of the molecule is COC(=O)[C@@]1(C)CCC[C@]2(C)c3cc(OC)c(O)cc3CC[C@@H]12. The normalized spacial score (nSPS) is 32.6. The number of phenols is 1.